The third-order valence-corrected chi connectivity index (χ3v) is 2.10. The van der Waals surface area contributed by atoms with E-state index in [2.05, 4.69) is 18.8 Å². The lowest BCUT2D eigenvalue weighted by atomic mass is 10.6. The molecule has 0 unspecified atom stereocenters. The summed E-state index contributed by atoms with van der Waals surface area (Å²) in [6.07, 6.45) is 3.28. The minimum absolute atomic E-state index is 0.645. The highest BCUT2D eigenvalue weighted by atomic mass is 32.2. The van der Waals surface area contributed by atoms with Crippen LogP contribution in [0.2, 0.25) is 0 Å². The van der Waals surface area contributed by atoms with Gasteiger partial charge in [-0.3, -0.25) is 0 Å². The van der Waals surface area contributed by atoms with E-state index in [1.54, 1.807) is 12.5 Å². The zero-order chi connectivity index (χ0) is 7.40. The third-order valence-electron chi connectivity index (χ3n) is 1.02. The predicted octanol–water partition coefficient (Wildman–Crippen LogP) is 2.32. The fourth-order valence-corrected chi connectivity index (χ4v) is 1.18. The van der Waals surface area contributed by atoms with Gasteiger partial charge in [-0.05, 0) is 5.25 Å². The number of thioether (sulfide) groups is 1. The van der Waals surface area contributed by atoms with E-state index in [0.29, 0.717) is 5.25 Å². The Kier molecular flexibility index (Phi) is 2.81. The molecule has 2 nitrogen and oxygen atoms in total. The Morgan fingerprint density at radius 1 is 1.70 bits per heavy atom. The van der Waals surface area contributed by atoms with Crippen molar-refractivity contribution in [2.45, 2.75) is 24.9 Å². The smallest absolute Gasteiger partial charge is 0.203 e. The van der Waals surface area contributed by atoms with E-state index in [9.17, 15) is 0 Å². The highest BCUT2D eigenvalue weighted by Crippen LogP contribution is 2.14. The van der Waals surface area contributed by atoms with E-state index in [-0.39, 0.29) is 0 Å². The molecule has 0 amide bonds. The zero-order valence-electron chi connectivity index (χ0n) is 6.20. The molecule has 0 aliphatic heterocycles. The maximum absolute atomic E-state index is 5.05. The molecule has 0 N–H and O–H groups in total. The molecule has 56 valence electrons. The van der Waals surface area contributed by atoms with Crippen molar-refractivity contribution >= 4 is 11.8 Å². The van der Waals surface area contributed by atoms with E-state index in [1.807, 2.05) is 11.8 Å². The minimum Gasteiger partial charge on any atom is -0.448 e. The molecule has 0 aromatic carbocycles. The van der Waals surface area contributed by atoms with Gasteiger partial charge in [0, 0.05) is 0 Å². The van der Waals surface area contributed by atoms with Crippen LogP contribution in [0.5, 0.6) is 0 Å². The first-order valence-electron chi connectivity index (χ1n) is 3.29. The summed E-state index contributed by atoms with van der Waals surface area (Å²) in [6, 6.07) is 0. The summed E-state index contributed by atoms with van der Waals surface area (Å²) in [4.78, 5) is 4.00. The van der Waals surface area contributed by atoms with Crippen molar-refractivity contribution < 1.29 is 4.42 Å². The Morgan fingerprint density at radius 2 is 2.50 bits per heavy atom. The molecule has 0 fully saturated rings. The highest BCUT2D eigenvalue weighted by Gasteiger charge is 1.98. The van der Waals surface area contributed by atoms with Crippen molar-refractivity contribution in [2.24, 2.45) is 0 Å². The molecule has 10 heavy (non-hydrogen) atoms. The number of oxazole rings is 1. The van der Waals surface area contributed by atoms with Crippen LogP contribution in [-0.2, 0) is 5.75 Å². The van der Waals surface area contributed by atoms with E-state index in [1.165, 1.54) is 0 Å². The van der Waals surface area contributed by atoms with Crippen LogP contribution in [0.1, 0.15) is 19.7 Å². The summed E-state index contributed by atoms with van der Waals surface area (Å²) in [5.74, 6) is 1.70. The van der Waals surface area contributed by atoms with Gasteiger partial charge in [0.05, 0.1) is 11.9 Å². The van der Waals surface area contributed by atoms with E-state index >= 15 is 0 Å². The lowest BCUT2D eigenvalue weighted by Gasteiger charge is -1.99. The Labute approximate surface area is 65.0 Å². The summed E-state index contributed by atoms with van der Waals surface area (Å²) in [7, 11) is 0. The van der Waals surface area contributed by atoms with Gasteiger partial charge in [0.2, 0.25) is 5.89 Å². The highest BCUT2D eigenvalue weighted by molar-refractivity contribution is 7.99. The number of nitrogens with zero attached hydrogens (tertiary/aromatic N) is 1. The normalized spacial score (nSPS) is 10.7. The van der Waals surface area contributed by atoms with Crippen LogP contribution in [0.4, 0.5) is 0 Å². The van der Waals surface area contributed by atoms with Crippen LogP contribution in [0.25, 0.3) is 0 Å². The summed E-state index contributed by atoms with van der Waals surface area (Å²) in [6.45, 7) is 4.32. The Hall–Kier alpha value is -0.440. The monoisotopic (exact) mass is 157 g/mol. The van der Waals surface area contributed by atoms with Gasteiger partial charge in [0.1, 0.15) is 6.26 Å². The van der Waals surface area contributed by atoms with Crippen LogP contribution < -0.4 is 0 Å². The second-order valence-electron chi connectivity index (χ2n) is 2.29. The number of rotatable bonds is 3. The number of hydrogen-bond donors (Lipinski definition) is 0. The standard InChI is InChI=1S/C7H11NOS/c1-6(2)10-5-7-8-3-4-9-7/h3-4,6H,5H2,1-2H3. The van der Waals surface area contributed by atoms with Crippen LogP contribution in [0.15, 0.2) is 16.9 Å². The predicted molar refractivity (Wildman–Crippen MR) is 42.9 cm³/mol. The minimum atomic E-state index is 0.645. The maximum Gasteiger partial charge on any atom is 0.203 e. The van der Waals surface area contributed by atoms with Gasteiger partial charge in [0.25, 0.3) is 0 Å². The van der Waals surface area contributed by atoms with E-state index < -0.39 is 0 Å². The summed E-state index contributed by atoms with van der Waals surface area (Å²) in [5.41, 5.74) is 0. The molecule has 1 aromatic rings. The first-order chi connectivity index (χ1) is 4.79. The van der Waals surface area contributed by atoms with Crippen LogP contribution in [0.3, 0.4) is 0 Å². The van der Waals surface area contributed by atoms with Gasteiger partial charge in [-0.25, -0.2) is 4.98 Å². The van der Waals surface area contributed by atoms with Gasteiger partial charge < -0.3 is 4.42 Å². The van der Waals surface area contributed by atoms with Crippen molar-refractivity contribution in [1.82, 2.24) is 4.98 Å². The second-order valence-corrected chi connectivity index (χ2v) is 3.85. The van der Waals surface area contributed by atoms with Gasteiger partial charge in [-0.15, -0.1) is 11.8 Å². The molecule has 0 radical (unpaired) electrons. The topological polar surface area (TPSA) is 26.0 Å². The quantitative estimate of drug-likeness (QED) is 0.673. The second kappa shape index (κ2) is 3.66. The summed E-state index contributed by atoms with van der Waals surface area (Å²) >= 11 is 1.83. The SMILES string of the molecule is CC(C)SCc1ncco1. The van der Waals surface area contributed by atoms with Crippen molar-refractivity contribution in [2.75, 3.05) is 0 Å². The largest absolute Gasteiger partial charge is 0.448 e. The molecule has 0 atom stereocenters. The van der Waals surface area contributed by atoms with Gasteiger partial charge >= 0.3 is 0 Å². The molecule has 3 heteroatoms. The van der Waals surface area contributed by atoms with Crippen molar-refractivity contribution in [3.05, 3.63) is 18.4 Å². The molecule has 1 heterocycles. The Bertz CT molecular complexity index is 172. The lowest BCUT2D eigenvalue weighted by Crippen LogP contribution is -1.88. The Balaban J connectivity index is 2.28. The molecule has 0 saturated carbocycles. The summed E-state index contributed by atoms with van der Waals surface area (Å²) < 4.78 is 5.05. The van der Waals surface area contributed by atoms with Gasteiger partial charge in [-0.1, -0.05) is 13.8 Å². The molecular weight excluding hydrogens is 146 g/mol. The van der Waals surface area contributed by atoms with E-state index in [4.69, 9.17) is 4.42 Å². The molecule has 0 aliphatic carbocycles. The first kappa shape index (κ1) is 7.66. The zero-order valence-corrected chi connectivity index (χ0v) is 7.02. The van der Waals surface area contributed by atoms with Gasteiger partial charge in [-0.2, -0.15) is 0 Å². The fourth-order valence-electron chi connectivity index (χ4n) is 0.562. The molecule has 0 saturated heterocycles. The lowest BCUT2D eigenvalue weighted by molar-refractivity contribution is 0.517. The molecule has 0 bridgehead atoms. The average Bonchev–Trinajstić information content (AvgIpc) is 2.34. The van der Waals surface area contributed by atoms with Gasteiger partial charge in [0.15, 0.2) is 0 Å². The Morgan fingerprint density at radius 3 is 3.00 bits per heavy atom. The summed E-state index contributed by atoms with van der Waals surface area (Å²) in [5, 5.41) is 0.645. The molecule has 1 rings (SSSR count). The average molecular weight is 157 g/mol. The van der Waals surface area contributed by atoms with Crippen molar-refractivity contribution in [1.29, 1.82) is 0 Å². The van der Waals surface area contributed by atoms with Crippen molar-refractivity contribution in [3.63, 3.8) is 0 Å². The first-order valence-corrected chi connectivity index (χ1v) is 4.34. The molecule has 0 aliphatic rings. The molecule has 0 spiro atoms. The van der Waals surface area contributed by atoms with Crippen LogP contribution in [0, 0.1) is 0 Å². The van der Waals surface area contributed by atoms with Crippen LogP contribution in [-0.4, -0.2) is 10.2 Å². The fraction of sp³-hybridized carbons (Fsp3) is 0.571. The van der Waals surface area contributed by atoms with Crippen molar-refractivity contribution in [3.8, 4) is 0 Å². The van der Waals surface area contributed by atoms with Crippen LogP contribution >= 0.6 is 11.8 Å². The molecular formula is C7H11NOS. The molecule has 1 aromatic heterocycles. The maximum atomic E-state index is 5.05. The number of aromatic nitrogens is 1. The van der Waals surface area contributed by atoms with E-state index in [0.717, 1.165) is 11.6 Å². The number of hydrogen-bond acceptors (Lipinski definition) is 3. The third kappa shape index (κ3) is 2.43.